The highest BCUT2D eigenvalue weighted by Crippen LogP contribution is 2.29. The third-order valence-corrected chi connectivity index (χ3v) is 3.10. The predicted molar refractivity (Wildman–Crippen MR) is 59.3 cm³/mol. The average molecular weight is 262 g/mol. The van der Waals surface area contributed by atoms with Gasteiger partial charge in [0.25, 0.3) is 0 Å². The number of aliphatic imine (C=N–C) groups is 1. The highest BCUT2D eigenvalue weighted by atomic mass is 35.5. The van der Waals surface area contributed by atoms with E-state index >= 15 is 0 Å². The molecule has 0 unspecified atom stereocenters. The molecular weight excluding hydrogens is 254 g/mol. The SMILES string of the molecule is CCS(=O)(=O)Oc1ccc(N=C=O)cc1Cl. The van der Waals surface area contributed by atoms with E-state index in [1.54, 1.807) is 0 Å². The van der Waals surface area contributed by atoms with Crippen LogP contribution in [0, 0.1) is 0 Å². The Morgan fingerprint density at radius 2 is 2.19 bits per heavy atom. The van der Waals surface area contributed by atoms with Crippen LogP contribution in [0.5, 0.6) is 5.75 Å². The summed E-state index contributed by atoms with van der Waals surface area (Å²) < 4.78 is 27.0. The van der Waals surface area contributed by atoms with Gasteiger partial charge in [0, 0.05) is 0 Å². The zero-order valence-corrected chi connectivity index (χ0v) is 9.88. The molecule has 0 aromatic heterocycles. The highest BCUT2D eigenvalue weighted by Gasteiger charge is 2.12. The summed E-state index contributed by atoms with van der Waals surface area (Å²) in [5.41, 5.74) is 0.279. The van der Waals surface area contributed by atoms with Crippen molar-refractivity contribution < 1.29 is 17.4 Å². The van der Waals surface area contributed by atoms with Gasteiger partial charge in [-0.2, -0.15) is 13.4 Å². The fourth-order valence-electron chi connectivity index (χ4n) is 0.875. The van der Waals surface area contributed by atoms with Gasteiger partial charge in [0.1, 0.15) is 0 Å². The van der Waals surface area contributed by atoms with Crippen LogP contribution >= 0.6 is 11.6 Å². The molecule has 0 aliphatic carbocycles. The summed E-state index contributed by atoms with van der Waals surface area (Å²) in [6, 6.07) is 4.04. The monoisotopic (exact) mass is 261 g/mol. The normalized spacial score (nSPS) is 10.6. The molecule has 0 radical (unpaired) electrons. The second-order valence-corrected chi connectivity index (χ2v) is 5.01. The lowest BCUT2D eigenvalue weighted by atomic mass is 10.3. The third kappa shape index (κ3) is 3.34. The van der Waals surface area contributed by atoms with Gasteiger partial charge in [0.2, 0.25) is 6.08 Å². The van der Waals surface area contributed by atoms with Gasteiger partial charge in [-0.25, -0.2) is 4.79 Å². The fraction of sp³-hybridized carbons (Fsp3) is 0.222. The van der Waals surface area contributed by atoms with Gasteiger partial charge in [-0.3, -0.25) is 0 Å². The van der Waals surface area contributed by atoms with E-state index < -0.39 is 10.1 Å². The predicted octanol–water partition coefficient (Wildman–Crippen LogP) is 2.04. The molecule has 1 aromatic carbocycles. The lowest BCUT2D eigenvalue weighted by molar-refractivity contribution is 0.487. The van der Waals surface area contributed by atoms with Gasteiger partial charge in [-0.05, 0) is 25.1 Å². The zero-order valence-electron chi connectivity index (χ0n) is 8.31. The van der Waals surface area contributed by atoms with Crippen LogP contribution in [0.3, 0.4) is 0 Å². The van der Waals surface area contributed by atoms with Crippen molar-refractivity contribution in [2.24, 2.45) is 4.99 Å². The molecule has 0 N–H and O–H groups in total. The van der Waals surface area contributed by atoms with Gasteiger partial charge in [0.15, 0.2) is 5.75 Å². The summed E-state index contributed by atoms with van der Waals surface area (Å²) in [6.45, 7) is 1.45. The van der Waals surface area contributed by atoms with Crippen LogP contribution in [-0.2, 0) is 14.9 Å². The highest BCUT2D eigenvalue weighted by molar-refractivity contribution is 7.87. The minimum absolute atomic E-state index is 0.00775. The van der Waals surface area contributed by atoms with Crippen LogP contribution in [-0.4, -0.2) is 20.3 Å². The molecule has 16 heavy (non-hydrogen) atoms. The van der Waals surface area contributed by atoms with Crippen LogP contribution < -0.4 is 4.18 Å². The van der Waals surface area contributed by atoms with E-state index in [4.69, 9.17) is 15.8 Å². The summed E-state index contributed by atoms with van der Waals surface area (Å²) in [6.07, 6.45) is 1.35. The van der Waals surface area contributed by atoms with Crippen molar-refractivity contribution >= 4 is 33.5 Å². The molecule has 0 bridgehead atoms. The molecule has 1 aromatic rings. The van der Waals surface area contributed by atoms with Crippen LogP contribution in [0.2, 0.25) is 5.02 Å². The molecule has 0 saturated heterocycles. The molecule has 86 valence electrons. The second kappa shape index (κ2) is 5.12. The van der Waals surface area contributed by atoms with Gasteiger partial charge in [-0.1, -0.05) is 11.6 Å². The fourth-order valence-corrected chi connectivity index (χ4v) is 1.67. The number of carbonyl (C=O) groups excluding carboxylic acids is 1. The third-order valence-electron chi connectivity index (χ3n) is 1.66. The number of rotatable bonds is 4. The lowest BCUT2D eigenvalue weighted by Gasteiger charge is -2.06. The molecule has 0 fully saturated rings. The van der Waals surface area contributed by atoms with Crippen molar-refractivity contribution in [2.75, 3.05) is 5.75 Å². The standard InChI is InChI=1S/C9H8ClNO4S/c1-2-16(13,14)15-9-4-3-7(11-6-12)5-8(9)10/h3-5H,2H2,1H3. The molecule has 0 amide bonds. The maximum Gasteiger partial charge on any atom is 0.308 e. The molecular formula is C9H8ClNO4S. The van der Waals surface area contributed by atoms with E-state index in [-0.39, 0.29) is 22.2 Å². The van der Waals surface area contributed by atoms with Crippen molar-refractivity contribution in [3.8, 4) is 5.75 Å². The number of nitrogens with zero attached hydrogens (tertiary/aromatic N) is 1. The number of hydrogen-bond donors (Lipinski definition) is 0. The van der Waals surface area contributed by atoms with Crippen LogP contribution in [0.1, 0.15) is 6.92 Å². The number of isocyanates is 1. The van der Waals surface area contributed by atoms with E-state index in [2.05, 4.69) is 4.99 Å². The second-order valence-electron chi connectivity index (χ2n) is 2.75. The molecule has 0 heterocycles. The van der Waals surface area contributed by atoms with Crippen molar-refractivity contribution in [3.05, 3.63) is 23.2 Å². The quantitative estimate of drug-likeness (QED) is 0.472. The maximum atomic E-state index is 11.2. The largest absolute Gasteiger partial charge is 0.381 e. The first kappa shape index (κ1) is 12.7. The average Bonchev–Trinajstić information content (AvgIpc) is 2.23. The van der Waals surface area contributed by atoms with E-state index in [0.29, 0.717) is 0 Å². The lowest BCUT2D eigenvalue weighted by Crippen LogP contribution is -2.11. The first-order valence-corrected chi connectivity index (χ1v) is 6.23. The molecule has 0 saturated carbocycles. The minimum Gasteiger partial charge on any atom is -0.381 e. The minimum atomic E-state index is -3.61. The summed E-state index contributed by atoms with van der Waals surface area (Å²) in [7, 11) is -3.61. The Morgan fingerprint density at radius 1 is 1.50 bits per heavy atom. The Morgan fingerprint density at radius 3 is 2.69 bits per heavy atom. The van der Waals surface area contributed by atoms with E-state index in [1.807, 2.05) is 0 Å². The Bertz CT molecular complexity index is 534. The first-order chi connectivity index (χ1) is 7.48. The maximum absolute atomic E-state index is 11.2. The summed E-state index contributed by atoms with van der Waals surface area (Å²) in [5, 5.41) is 0.0634. The zero-order chi connectivity index (χ0) is 12.2. The van der Waals surface area contributed by atoms with Crippen LogP contribution in [0.15, 0.2) is 23.2 Å². The molecule has 5 nitrogen and oxygen atoms in total. The number of benzene rings is 1. The van der Waals surface area contributed by atoms with Crippen molar-refractivity contribution in [1.29, 1.82) is 0 Å². The van der Waals surface area contributed by atoms with Crippen LogP contribution in [0.4, 0.5) is 5.69 Å². The van der Waals surface area contributed by atoms with Crippen molar-refractivity contribution in [3.63, 3.8) is 0 Å². The molecule has 7 heteroatoms. The van der Waals surface area contributed by atoms with Gasteiger partial charge in [-0.15, -0.1) is 0 Å². The Hall–Kier alpha value is -1.36. The molecule has 1 rings (SSSR count). The van der Waals surface area contributed by atoms with E-state index in [1.165, 1.54) is 31.2 Å². The first-order valence-electron chi connectivity index (χ1n) is 4.28. The summed E-state index contributed by atoms with van der Waals surface area (Å²) in [4.78, 5) is 13.3. The molecule has 0 aliphatic heterocycles. The summed E-state index contributed by atoms with van der Waals surface area (Å²) >= 11 is 5.75. The Labute approximate surface area is 97.8 Å². The smallest absolute Gasteiger partial charge is 0.308 e. The Balaban J connectivity index is 3.05. The summed E-state index contributed by atoms with van der Waals surface area (Å²) in [5.74, 6) is -0.147. The molecule has 0 atom stereocenters. The van der Waals surface area contributed by atoms with Crippen LogP contribution in [0.25, 0.3) is 0 Å². The van der Waals surface area contributed by atoms with E-state index in [9.17, 15) is 13.2 Å². The Kier molecular flexibility index (Phi) is 4.06. The van der Waals surface area contributed by atoms with Crippen molar-refractivity contribution in [2.45, 2.75) is 6.92 Å². The van der Waals surface area contributed by atoms with Gasteiger partial charge < -0.3 is 4.18 Å². The molecule has 0 aliphatic rings. The topological polar surface area (TPSA) is 72.8 Å². The molecule has 0 spiro atoms. The number of halogens is 1. The van der Waals surface area contributed by atoms with E-state index in [0.717, 1.165) is 0 Å². The van der Waals surface area contributed by atoms with Gasteiger partial charge >= 0.3 is 10.1 Å². The van der Waals surface area contributed by atoms with Gasteiger partial charge in [0.05, 0.1) is 16.5 Å². The van der Waals surface area contributed by atoms with Crippen molar-refractivity contribution in [1.82, 2.24) is 0 Å². The number of hydrogen-bond acceptors (Lipinski definition) is 5.